The van der Waals surface area contributed by atoms with E-state index in [1.165, 1.54) is 0 Å². The van der Waals surface area contributed by atoms with Crippen molar-refractivity contribution in [2.45, 2.75) is 32.7 Å². The lowest BCUT2D eigenvalue weighted by molar-refractivity contribution is 0.0339. The Morgan fingerprint density at radius 2 is 1.62 bits per heavy atom. The van der Waals surface area contributed by atoms with Crippen LogP contribution in [0.25, 0.3) is 0 Å². The highest BCUT2D eigenvalue weighted by atomic mass is 16.5. The third-order valence-electron chi connectivity index (χ3n) is 4.75. The van der Waals surface area contributed by atoms with E-state index >= 15 is 0 Å². The molecule has 0 saturated carbocycles. The molecule has 1 aromatic heterocycles. The van der Waals surface area contributed by atoms with Crippen LogP contribution in [-0.4, -0.2) is 83.4 Å². The third-order valence-corrected chi connectivity index (χ3v) is 4.75. The van der Waals surface area contributed by atoms with Gasteiger partial charge in [-0.3, -0.25) is 4.90 Å². The zero-order valence-corrected chi connectivity index (χ0v) is 14.8. The number of aromatic nitrogens is 2. The minimum Gasteiger partial charge on any atom is -0.378 e. The summed E-state index contributed by atoms with van der Waals surface area (Å²) in [6.07, 6.45) is 0. The van der Waals surface area contributed by atoms with E-state index in [2.05, 4.69) is 35.8 Å². The summed E-state index contributed by atoms with van der Waals surface area (Å²) >= 11 is 0. The van der Waals surface area contributed by atoms with E-state index in [1.54, 1.807) is 0 Å². The Bertz CT molecular complexity index is 548. The van der Waals surface area contributed by atoms with Gasteiger partial charge in [-0.2, -0.15) is 4.98 Å². The van der Waals surface area contributed by atoms with E-state index in [-0.39, 0.29) is 18.0 Å². The number of piperazine rings is 1. The highest BCUT2D eigenvalue weighted by Gasteiger charge is 2.30. The number of amides is 2. The molecular weight excluding hydrogens is 310 g/mol. The average Bonchev–Trinajstić information content (AvgIpc) is 3.12. The Morgan fingerprint density at radius 1 is 1.00 bits per heavy atom. The van der Waals surface area contributed by atoms with E-state index in [0.29, 0.717) is 32.2 Å². The van der Waals surface area contributed by atoms with Gasteiger partial charge in [-0.1, -0.05) is 19.0 Å². The summed E-state index contributed by atoms with van der Waals surface area (Å²) in [5.41, 5.74) is 0. The maximum atomic E-state index is 12.5. The topological polar surface area (TPSA) is 74.9 Å². The summed E-state index contributed by atoms with van der Waals surface area (Å²) in [6.45, 7) is 11.9. The standard InChI is InChI=1S/C16H27N5O3/c1-12(2)14-17-15(24-18-14)13(3)19-4-6-20(7-5-19)16(22)21-8-10-23-11-9-21/h12-13H,4-11H2,1-3H3. The molecule has 0 aromatic carbocycles. The molecule has 2 amide bonds. The van der Waals surface area contributed by atoms with Gasteiger partial charge >= 0.3 is 6.03 Å². The molecule has 1 aromatic rings. The molecule has 2 saturated heterocycles. The molecule has 134 valence electrons. The van der Waals surface area contributed by atoms with Crippen LogP contribution in [0.15, 0.2) is 4.52 Å². The predicted molar refractivity (Wildman–Crippen MR) is 87.7 cm³/mol. The van der Waals surface area contributed by atoms with Crippen molar-refractivity contribution in [2.75, 3.05) is 52.5 Å². The Hall–Kier alpha value is -1.67. The van der Waals surface area contributed by atoms with E-state index in [4.69, 9.17) is 9.26 Å². The second-order valence-electron chi connectivity index (χ2n) is 6.73. The molecule has 0 spiro atoms. The second kappa shape index (κ2) is 7.48. The molecule has 0 N–H and O–H groups in total. The number of morpholine rings is 1. The molecule has 0 bridgehead atoms. The molecule has 0 aliphatic carbocycles. The van der Waals surface area contributed by atoms with Gasteiger partial charge in [0.1, 0.15) is 0 Å². The van der Waals surface area contributed by atoms with E-state index in [0.717, 1.165) is 32.0 Å². The first-order valence-corrected chi connectivity index (χ1v) is 8.75. The van der Waals surface area contributed by atoms with E-state index in [1.807, 2.05) is 9.80 Å². The van der Waals surface area contributed by atoms with Gasteiger partial charge in [-0.25, -0.2) is 4.79 Å². The smallest absolute Gasteiger partial charge is 0.320 e. The third kappa shape index (κ3) is 3.70. The lowest BCUT2D eigenvalue weighted by Gasteiger charge is -2.39. The Labute approximate surface area is 142 Å². The molecule has 2 aliphatic rings. The first-order chi connectivity index (χ1) is 11.6. The zero-order valence-electron chi connectivity index (χ0n) is 14.8. The molecule has 3 heterocycles. The summed E-state index contributed by atoms with van der Waals surface area (Å²) in [6, 6.07) is 0.205. The largest absolute Gasteiger partial charge is 0.378 e. The maximum Gasteiger partial charge on any atom is 0.320 e. The van der Waals surface area contributed by atoms with Crippen LogP contribution in [0.1, 0.15) is 44.4 Å². The van der Waals surface area contributed by atoms with Gasteiger partial charge in [0.15, 0.2) is 5.82 Å². The maximum absolute atomic E-state index is 12.5. The average molecular weight is 337 g/mol. The molecule has 2 aliphatic heterocycles. The number of hydrogen-bond donors (Lipinski definition) is 0. The summed E-state index contributed by atoms with van der Waals surface area (Å²) in [7, 11) is 0. The van der Waals surface area contributed by atoms with Gasteiger partial charge in [-0.15, -0.1) is 0 Å². The van der Waals surface area contributed by atoms with Crippen molar-refractivity contribution in [3.05, 3.63) is 11.7 Å². The van der Waals surface area contributed by atoms with Gasteiger partial charge in [0.2, 0.25) is 5.89 Å². The number of hydrogen-bond acceptors (Lipinski definition) is 6. The Balaban J connectivity index is 1.53. The molecule has 1 atom stereocenters. The van der Waals surface area contributed by atoms with E-state index < -0.39 is 0 Å². The van der Waals surface area contributed by atoms with Crippen LogP contribution in [0.3, 0.4) is 0 Å². The predicted octanol–water partition coefficient (Wildman–Crippen LogP) is 1.32. The van der Waals surface area contributed by atoms with Crippen LogP contribution in [0.4, 0.5) is 4.79 Å². The van der Waals surface area contributed by atoms with Gasteiger partial charge in [0, 0.05) is 45.2 Å². The van der Waals surface area contributed by atoms with Gasteiger partial charge in [0.05, 0.1) is 19.3 Å². The molecule has 24 heavy (non-hydrogen) atoms. The number of urea groups is 1. The highest BCUT2D eigenvalue weighted by molar-refractivity contribution is 5.74. The quantitative estimate of drug-likeness (QED) is 0.828. The van der Waals surface area contributed by atoms with Gasteiger partial charge < -0.3 is 19.1 Å². The molecule has 3 rings (SSSR count). The highest BCUT2D eigenvalue weighted by Crippen LogP contribution is 2.22. The lowest BCUT2D eigenvalue weighted by atomic mass is 10.2. The molecule has 8 nitrogen and oxygen atoms in total. The van der Waals surface area contributed by atoms with Crippen molar-refractivity contribution < 1.29 is 14.1 Å². The first kappa shape index (κ1) is 17.2. The fraction of sp³-hybridized carbons (Fsp3) is 0.812. The zero-order chi connectivity index (χ0) is 17.1. The summed E-state index contributed by atoms with van der Waals surface area (Å²) in [5, 5.41) is 4.04. The van der Waals surface area contributed by atoms with Gasteiger partial charge in [0.25, 0.3) is 0 Å². The monoisotopic (exact) mass is 337 g/mol. The molecule has 1 unspecified atom stereocenters. The van der Waals surface area contributed by atoms with Crippen LogP contribution in [0.5, 0.6) is 0 Å². The number of nitrogens with zero attached hydrogens (tertiary/aromatic N) is 5. The van der Waals surface area contributed by atoms with Crippen molar-refractivity contribution in [3.8, 4) is 0 Å². The van der Waals surface area contributed by atoms with Gasteiger partial charge in [-0.05, 0) is 6.92 Å². The number of carbonyl (C=O) groups excluding carboxylic acids is 1. The SMILES string of the molecule is CC(C)c1noc(C(C)N2CCN(C(=O)N3CCOCC3)CC2)n1. The minimum atomic E-state index is 0.0747. The van der Waals surface area contributed by atoms with Crippen molar-refractivity contribution in [1.29, 1.82) is 0 Å². The minimum absolute atomic E-state index is 0.0747. The molecule has 2 fully saturated rings. The van der Waals surface area contributed by atoms with Crippen molar-refractivity contribution in [2.24, 2.45) is 0 Å². The number of carbonyl (C=O) groups is 1. The first-order valence-electron chi connectivity index (χ1n) is 8.75. The molecule has 0 radical (unpaired) electrons. The summed E-state index contributed by atoms with van der Waals surface area (Å²) in [4.78, 5) is 23.1. The fourth-order valence-corrected chi connectivity index (χ4v) is 3.06. The van der Waals surface area contributed by atoms with Crippen LogP contribution in [0, 0.1) is 0 Å². The summed E-state index contributed by atoms with van der Waals surface area (Å²) < 4.78 is 10.7. The molecular formula is C16H27N5O3. The Morgan fingerprint density at radius 3 is 2.21 bits per heavy atom. The van der Waals surface area contributed by atoms with Crippen LogP contribution in [-0.2, 0) is 4.74 Å². The number of ether oxygens (including phenoxy) is 1. The lowest BCUT2D eigenvalue weighted by Crippen LogP contribution is -2.55. The van der Waals surface area contributed by atoms with Crippen LogP contribution in [0.2, 0.25) is 0 Å². The van der Waals surface area contributed by atoms with Crippen molar-refractivity contribution in [1.82, 2.24) is 24.8 Å². The Kier molecular flexibility index (Phi) is 5.35. The van der Waals surface area contributed by atoms with Crippen molar-refractivity contribution in [3.63, 3.8) is 0 Å². The van der Waals surface area contributed by atoms with E-state index in [9.17, 15) is 4.79 Å². The second-order valence-corrected chi connectivity index (χ2v) is 6.73. The normalized spacial score (nSPS) is 21.3. The fourth-order valence-electron chi connectivity index (χ4n) is 3.06. The summed E-state index contributed by atoms with van der Waals surface area (Å²) in [5.74, 6) is 1.67. The van der Waals surface area contributed by atoms with Crippen LogP contribution >= 0.6 is 0 Å². The van der Waals surface area contributed by atoms with Crippen LogP contribution < -0.4 is 0 Å². The van der Waals surface area contributed by atoms with Crippen molar-refractivity contribution >= 4 is 6.03 Å². The number of rotatable bonds is 3. The molecule has 8 heteroatoms.